The summed E-state index contributed by atoms with van der Waals surface area (Å²) in [5.74, 6) is 0.0330. The largest absolute Gasteiger partial charge is 1.00 e. The van der Waals surface area contributed by atoms with E-state index in [9.17, 15) is 10.1 Å². The van der Waals surface area contributed by atoms with E-state index in [0.717, 1.165) is 0 Å². The molecule has 0 saturated carbocycles. The van der Waals surface area contributed by atoms with Crippen LogP contribution in [-0.4, -0.2) is 10.0 Å². The maximum atomic E-state index is 10.0. The molecule has 1 rings (SSSR count). The fourth-order valence-electron chi connectivity index (χ4n) is 0.574. The minimum absolute atomic E-state index is 0. The molecule has 1 aromatic rings. The molecule has 0 aliphatic heterocycles. The number of aromatic hydroxyl groups is 1. The van der Waals surface area contributed by atoms with Gasteiger partial charge in [-0.15, -0.1) is 0 Å². The number of hydrogen-bond acceptors (Lipinski definition) is 7. The van der Waals surface area contributed by atoms with E-state index in [4.69, 9.17) is 24.4 Å². The van der Waals surface area contributed by atoms with Gasteiger partial charge in [0, 0.05) is 12.1 Å². The first-order valence-corrected chi connectivity index (χ1v) is 4.82. The number of phosphoric acid groups is 1. The summed E-state index contributed by atoms with van der Waals surface area (Å²) < 4.78 is 8.55. The Hall–Kier alpha value is 1.53. The van der Waals surface area contributed by atoms with Crippen LogP contribution in [0.2, 0.25) is 0 Å². The normalized spacial score (nSPS) is 8.39. The molecule has 0 amide bonds. The van der Waals surface area contributed by atoms with Crippen molar-refractivity contribution in [1.82, 2.24) is 0 Å². The Kier molecular flexibility index (Phi) is 20.9. The second kappa shape index (κ2) is 13.5. The van der Waals surface area contributed by atoms with Gasteiger partial charge in [0.1, 0.15) is 5.75 Å². The molecule has 0 aromatic heterocycles. The first-order chi connectivity index (χ1) is 6.70. The van der Waals surface area contributed by atoms with Crippen molar-refractivity contribution >= 4 is 13.5 Å². The van der Waals surface area contributed by atoms with E-state index in [1.165, 1.54) is 24.3 Å². The summed E-state index contributed by atoms with van der Waals surface area (Å²) in [4.78, 5) is 35.2. The minimum atomic E-state index is -5.39. The van der Waals surface area contributed by atoms with Gasteiger partial charge in [0.05, 0.1) is 4.92 Å². The third-order valence-electron chi connectivity index (χ3n) is 1.06. The average molecular weight is 303 g/mol. The Morgan fingerprint density at radius 2 is 1.28 bits per heavy atom. The predicted octanol–water partition coefficient (Wildman–Crippen LogP) is -10.5. The van der Waals surface area contributed by atoms with Gasteiger partial charge >= 0.3 is 88.7 Å². The van der Waals surface area contributed by atoms with Gasteiger partial charge in [-0.2, -0.15) is 7.82 Å². The van der Waals surface area contributed by atoms with Crippen molar-refractivity contribution in [2.45, 2.75) is 0 Å². The van der Waals surface area contributed by atoms with Crippen LogP contribution in [0.15, 0.2) is 24.3 Å². The fourth-order valence-corrected chi connectivity index (χ4v) is 0.574. The zero-order valence-corrected chi connectivity index (χ0v) is 17.0. The van der Waals surface area contributed by atoms with Gasteiger partial charge in [-0.05, 0) is 12.1 Å². The Morgan fingerprint density at radius 1 is 1.00 bits per heavy atom. The number of nitrogens with zero attached hydrogens (tertiary/aromatic N) is 1. The van der Waals surface area contributed by atoms with E-state index >= 15 is 0 Å². The zero-order valence-electron chi connectivity index (χ0n) is 10.1. The quantitative estimate of drug-likeness (QED) is 0.234. The maximum absolute atomic E-state index is 10.0. The van der Waals surface area contributed by atoms with Gasteiger partial charge in [0.2, 0.25) is 0 Å². The molecule has 18 heavy (non-hydrogen) atoms. The number of non-ortho nitro benzene ring substituents is 1. The van der Waals surface area contributed by atoms with E-state index < -0.39 is 12.7 Å². The molecule has 0 radical (unpaired) electrons. The molecular formula is C6H5NNa3O7P. The Balaban J connectivity index is -0.000000109. The standard InChI is InChI=1S/C6H5NO3.3Na.H3O4P/c8-6-3-1-5(2-4-6)7(9)10;;;;1-5(2,3)4/h1-4,8H;;;;(H3,1,2,3,4)/q;3*+1;/p-3. The van der Waals surface area contributed by atoms with Crippen LogP contribution in [0.4, 0.5) is 5.69 Å². The molecule has 8 nitrogen and oxygen atoms in total. The molecule has 0 saturated heterocycles. The van der Waals surface area contributed by atoms with E-state index in [1.807, 2.05) is 0 Å². The van der Waals surface area contributed by atoms with Crippen LogP contribution in [0.5, 0.6) is 5.75 Å². The Morgan fingerprint density at radius 3 is 1.50 bits per heavy atom. The van der Waals surface area contributed by atoms with Crippen molar-refractivity contribution in [1.29, 1.82) is 0 Å². The molecule has 0 heterocycles. The number of phenols is 1. The van der Waals surface area contributed by atoms with Gasteiger partial charge in [-0.1, -0.05) is 0 Å². The molecule has 0 spiro atoms. The van der Waals surface area contributed by atoms with Crippen molar-refractivity contribution in [2.24, 2.45) is 0 Å². The molecule has 1 aromatic carbocycles. The smallest absolute Gasteiger partial charge is 0.822 e. The zero-order chi connectivity index (χ0) is 12.1. The van der Waals surface area contributed by atoms with Crippen LogP contribution in [0.25, 0.3) is 0 Å². The van der Waals surface area contributed by atoms with Crippen molar-refractivity contribution in [3.8, 4) is 5.75 Å². The summed E-state index contributed by atoms with van der Waals surface area (Å²) in [5.41, 5.74) is -0.0159. The van der Waals surface area contributed by atoms with Gasteiger partial charge in [-0.3, -0.25) is 10.1 Å². The minimum Gasteiger partial charge on any atom is -0.822 e. The van der Waals surface area contributed by atoms with Crippen LogP contribution in [0, 0.1) is 10.1 Å². The fraction of sp³-hybridized carbons (Fsp3) is 0. The van der Waals surface area contributed by atoms with Crippen LogP contribution in [0.3, 0.4) is 0 Å². The monoisotopic (exact) mass is 303 g/mol. The molecule has 0 aliphatic carbocycles. The molecule has 0 unspecified atom stereocenters. The Bertz CT molecular complexity index is 373. The number of hydrogen-bond donors (Lipinski definition) is 1. The van der Waals surface area contributed by atoms with Crippen LogP contribution in [0.1, 0.15) is 0 Å². The molecule has 0 bridgehead atoms. The topological polar surface area (TPSA) is 150 Å². The number of nitro benzene ring substituents is 1. The molecule has 84 valence electrons. The number of phenolic OH excluding ortho intramolecular Hbond substituents is 1. The molecule has 0 atom stereocenters. The Labute approximate surface area is 169 Å². The first kappa shape index (κ1) is 27.8. The predicted molar refractivity (Wildman–Crippen MR) is 42.4 cm³/mol. The van der Waals surface area contributed by atoms with E-state index in [1.54, 1.807) is 0 Å². The molecule has 0 fully saturated rings. The molecular weight excluding hydrogens is 298 g/mol. The molecule has 12 heteroatoms. The summed E-state index contributed by atoms with van der Waals surface area (Å²) in [7, 11) is -5.39. The van der Waals surface area contributed by atoms with Crippen molar-refractivity contribution in [3.63, 3.8) is 0 Å². The SMILES string of the molecule is O=P([O-])([O-])[O-].O=[N+]([O-])c1ccc(O)cc1.[Na+].[Na+].[Na+]. The van der Waals surface area contributed by atoms with E-state index in [2.05, 4.69) is 0 Å². The van der Waals surface area contributed by atoms with Gasteiger partial charge in [-0.25, -0.2) is 0 Å². The molecule has 1 N–H and O–H groups in total. The second-order valence-electron chi connectivity index (χ2n) is 2.22. The van der Waals surface area contributed by atoms with Gasteiger partial charge < -0.3 is 24.4 Å². The maximum Gasteiger partial charge on any atom is 1.00 e. The third kappa shape index (κ3) is 19.9. The third-order valence-corrected chi connectivity index (χ3v) is 1.06. The second-order valence-corrected chi connectivity index (χ2v) is 3.12. The van der Waals surface area contributed by atoms with Gasteiger partial charge in [0.25, 0.3) is 5.69 Å². The molecule has 0 aliphatic rings. The number of rotatable bonds is 1. The van der Waals surface area contributed by atoms with Crippen molar-refractivity contribution in [3.05, 3.63) is 34.4 Å². The van der Waals surface area contributed by atoms with Crippen molar-refractivity contribution in [2.75, 3.05) is 0 Å². The van der Waals surface area contributed by atoms with Crippen LogP contribution in [-0.2, 0) is 4.57 Å². The van der Waals surface area contributed by atoms with Crippen molar-refractivity contribution < 1.29 is 118 Å². The van der Waals surface area contributed by atoms with E-state index in [-0.39, 0.29) is 100 Å². The summed E-state index contributed by atoms with van der Waals surface area (Å²) in [6, 6.07) is 5.04. The average Bonchev–Trinajstić information content (AvgIpc) is 2.01. The summed E-state index contributed by atoms with van der Waals surface area (Å²) in [6.45, 7) is 0. The number of benzene rings is 1. The summed E-state index contributed by atoms with van der Waals surface area (Å²) in [5, 5.41) is 18.8. The van der Waals surface area contributed by atoms with Gasteiger partial charge in [0.15, 0.2) is 0 Å². The van der Waals surface area contributed by atoms with E-state index in [0.29, 0.717) is 0 Å². The summed E-state index contributed by atoms with van der Waals surface area (Å²) in [6.07, 6.45) is 0. The van der Waals surface area contributed by atoms with Crippen LogP contribution >= 0.6 is 7.82 Å². The first-order valence-electron chi connectivity index (χ1n) is 3.36. The number of nitro groups is 1. The van der Waals surface area contributed by atoms with Crippen LogP contribution < -0.4 is 103 Å². The summed E-state index contributed by atoms with van der Waals surface area (Å²) >= 11 is 0.